The van der Waals surface area contributed by atoms with E-state index in [1.807, 2.05) is 32.3 Å². The molecule has 142 valence electrons. The second-order valence-corrected chi connectivity index (χ2v) is 7.76. The van der Waals surface area contributed by atoms with E-state index >= 15 is 0 Å². The van der Waals surface area contributed by atoms with Gasteiger partial charge in [0.1, 0.15) is 11.1 Å². The highest BCUT2D eigenvalue weighted by molar-refractivity contribution is 6.35. The van der Waals surface area contributed by atoms with Crippen LogP contribution in [0.3, 0.4) is 0 Å². The number of hydrogen-bond acceptors (Lipinski definition) is 6. The summed E-state index contributed by atoms with van der Waals surface area (Å²) in [6.07, 6.45) is -0.290. The molecule has 26 heavy (non-hydrogen) atoms. The number of carbonyl (C=O) groups is 1. The first-order valence-corrected chi connectivity index (χ1v) is 9.27. The molecule has 1 saturated heterocycles. The molecule has 0 atom stereocenters. The average molecular weight is 401 g/mol. The van der Waals surface area contributed by atoms with E-state index in [1.54, 1.807) is 4.90 Å². The third kappa shape index (κ3) is 3.81. The number of carbonyl (C=O) groups excluding carboxylic acids is 1. The molecule has 2 aromatic rings. The summed E-state index contributed by atoms with van der Waals surface area (Å²) in [7, 11) is 0. The highest BCUT2D eigenvalue weighted by Crippen LogP contribution is 2.28. The van der Waals surface area contributed by atoms with Crippen LogP contribution in [0.1, 0.15) is 27.7 Å². The van der Waals surface area contributed by atoms with Gasteiger partial charge in [-0.25, -0.2) is 9.78 Å². The molecule has 0 aliphatic carbocycles. The minimum Gasteiger partial charge on any atom is -0.444 e. The Labute approximate surface area is 162 Å². The van der Waals surface area contributed by atoms with Gasteiger partial charge in [0.2, 0.25) is 11.2 Å². The minimum absolute atomic E-state index is 0.0737. The molecule has 2 aromatic heterocycles. The lowest BCUT2D eigenvalue weighted by Gasteiger charge is -2.36. The molecule has 10 heteroatoms. The van der Waals surface area contributed by atoms with Crippen LogP contribution in [0, 0.1) is 0 Å². The lowest BCUT2D eigenvalue weighted by Crippen LogP contribution is -2.50. The van der Waals surface area contributed by atoms with Gasteiger partial charge < -0.3 is 19.1 Å². The van der Waals surface area contributed by atoms with Crippen molar-refractivity contribution in [2.45, 2.75) is 39.8 Å². The SMILES string of the molecule is CCn1c(N2CCN(C(=O)OC(C)(C)C)CC2)nc2nc(Cl)nc(Cl)c21. The molecule has 0 bridgehead atoms. The zero-order chi connectivity index (χ0) is 19.1. The normalized spacial score (nSPS) is 15.6. The molecule has 0 N–H and O–H groups in total. The first-order chi connectivity index (χ1) is 12.2. The summed E-state index contributed by atoms with van der Waals surface area (Å²) in [6.45, 7) is 10.7. The Balaban J connectivity index is 1.79. The predicted molar refractivity (Wildman–Crippen MR) is 101 cm³/mol. The Bertz CT molecular complexity index is 824. The topological polar surface area (TPSA) is 76.4 Å². The van der Waals surface area contributed by atoms with Crippen LogP contribution in [0.25, 0.3) is 11.2 Å². The number of ether oxygens (including phenoxy) is 1. The highest BCUT2D eigenvalue weighted by atomic mass is 35.5. The molecule has 0 aromatic carbocycles. The van der Waals surface area contributed by atoms with Gasteiger partial charge in [0, 0.05) is 32.7 Å². The summed E-state index contributed by atoms with van der Waals surface area (Å²) in [4.78, 5) is 28.8. The molecule has 3 heterocycles. The van der Waals surface area contributed by atoms with Crippen LogP contribution in [0.5, 0.6) is 0 Å². The van der Waals surface area contributed by atoms with Gasteiger partial charge in [-0.05, 0) is 39.3 Å². The molecule has 0 unspecified atom stereocenters. The predicted octanol–water partition coefficient (Wildman–Crippen LogP) is 3.21. The van der Waals surface area contributed by atoms with E-state index in [0.717, 1.165) is 5.95 Å². The number of halogens is 2. The zero-order valence-electron chi connectivity index (χ0n) is 15.3. The van der Waals surface area contributed by atoms with Crippen LogP contribution in [0.15, 0.2) is 0 Å². The Morgan fingerprint density at radius 3 is 2.35 bits per heavy atom. The van der Waals surface area contributed by atoms with Crippen molar-refractivity contribution in [3.05, 3.63) is 10.4 Å². The van der Waals surface area contributed by atoms with Crippen LogP contribution in [0.4, 0.5) is 10.7 Å². The first kappa shape index (κ1) is 19.0. The number of fused-ring (bicyclic) bond motifs is 1. The molecule has 0 saturated carbocycles. The maximum atomic E-state index is 12.2. The molecule has 1 aliphatic heterocycles. The molecule has 1 fully saturated rings. The van der Waals surface area contributed by atoms with Gasteiger partial charge >= 0.3 is 6.09 Å². The summed E-state index contributed by atoms with van der Waals surface area (Å²) in [5, 5.41) is 0.359. The molecular weight excluding hydrogens is 379 g/mol. The largest absolute Gasteiger partial charge is 0.444 e. The summed E-state index contributed by atoms with van der Waals surface area (Å²) in [5.41, 5.74) is 0.642. The summed E-state index contributed by atoms with van der Waals surface area (Å²) < 4.78 is 7.41. The van der Waals surface area contributed by atoms with Gasteiger partial charge in [-0.1, -0.05) is 11.6 Å². The lowest BCUT2D eigenvalue weighted by atomic mass is 10.2. The second kappa shape index (κ2) is 7.08. The maximum absolute atomic E-state index is 12.2. The van der Waals surface area contributed by atoms with E-state index in [-0.39, 0.29) is 16.5 Å². The quantitative estimate of drug-likeness (QED) is 0.568. The zero-order valence-corrected chi connectivity index (χ0v) is 16.8. The fourth-order valence-corrected chi connectivity index (χ4v) is 3.39. The average Bonchev–Trinajstić information content (AvgIpc) is 2.92. The number of aryl methyl sites for hydroxylation is 1. The molecule has 1 amide bonds. The van der Waals surface area contributed by atoms with Crippen LogP contribution in [-0.2, 0) is 11.3 Å². The minimum atomic E-state index is -0.501. The maximum Gasteiger partial charge on any atom is 0.410 e. The van der Waals surface area contributed by atoms with E-state index in [2.05, 4.69) is 19.9 Å². The van der Waals surface area contributed by atoms with Crippen LogP contribution >= 0.6 is 23.2 Å². The summed E-state index contributed by atoms with van der Waals surface area (Å²) >= 11 is 12.1. The molecule has 0 spiro atoms. The Morgan fingerprint density at radius 1 is 1.12 bits per heavy atom. The van der Waals surface area contributed by atoms with Gasteiger partial charge in [-0.2, -0.15) is 9.97 Å². The van der Waals surface area contributed by atoms with Crippen LogP contribution < -0.4 is 4.90 Å². The van der Waals surface area contributed by atoms with Crippen molar-refractivity contribution in [3.63, 3.8) is 0 Å². The van der Waals surface area contributed by atoms with Crippen molar-refractivity contribution in [2.24, 2.45) is 0 Å². The molecule has 0 radical (unpaired) electrons. The molecule has 3 rings (SSSR count). The lowest BCUT2D eigenvalue weighted by molar-refractivity contribution is 0.0240. The number of hydrogen-bond donors (Lipinski definition) is 0. The number of anilines is 1. The number of nitrogens with zero attached hydrogens (tertiary/aromatic N) is 6. The van der Waals surface area contributed by atoms with E-state index in [0.29, 0.717) is 43.9 Å². The smallest absolute Gasteiger partial charge is 0.410 e. The van der Waals surface area contributed by atoms with Crippen molar-refractivity contribution >= 4 is 46.4 Å². The van der Waals surface area contributed by atoms with E-state index in [9.17, 15) is 4.79 Å². The van der Waals surface area contributed by atoms with E-state index in [1.165, 1.54) is 0 Å². The van der Waals surface area contributed by atoms with Crippen LogP contribution in [-0.4, -0.2) is 62.3 Å². The Hall–Kier alpha value is -1.80. The first-order valence-electron chi connectivity index (χ1n) is 8.51. The van der Waals surface area contributed by atoms with Crippen molar-refractivity contribution in [2.75, 3.05) is 31.1 Å². The third-order valence-electron chi connectivity index (χ3n) is 4.04. The fraction of sp³-hybridized carbons (Fsp3) is 0.625. The number of aromatic nitrogens is 4. The second-order valence-electron chi connectivity index (χ2n) is 7.07. The number of imidazole rings is 1. The number of piperazine rings is 1. The van der Waals surface area contributed by atoms with Gasteiger partial charge in [0.15, 0.2) is 10.8 Å². The van der Waals surface area contributed by atoms with Gasteiger partial charge in [-0.3, -0.25) is 0 Å². The Kier molecular flexibility index (Phi) is 5.16. The third-order valence-corrected chi connectivity index (χ3v) is 4.48. The van der Waals surface area contributed by atoms with Gasteiger partial charge in [0.25, 0.3) is 0 Å². The van der Waals surface area contributed by atoms with Crippen molar-refractivity contribution in [3.8, 4) is 0 Å². The van der Waals surface area contributed by atoms with Crippen LogP contribution in [0.2, 0.25) is 10.4 Å². The van der Waals surface area contributed by atoms with E-state index < -0.39 is 5.60 Å². The highest BCUT2D eigenvalue weighted by Gasteiger charge is 2.28. The van der Waals surface area contributed by atoms with Crippen molar-refractivity contribution in [1.82, 2.24) is 24.4 Å². The fourth-order valence-electron chi connectivity index (χ4n) is 2.91. The van der Waals surface area contributed by atoms with Gasteiger partial charge in [-0.15, -0.1) is 0 Å². The monoisotopic (exact) mass is 400 g/mol. The molecule has 8 nitrogen and oxygen atoms in total. The standard InChI is InChI=1S/C16H22Cl2N6O2/c1-5-24-10-11(17)19-13(18)20-12(10)21-14(24)22-6-8-23(9-7-22)15(25)26-16(2,3)4/h5-9H2,1-4H3. The van der Waals surface area contributed by atoms with Crippen molar-refractivity contribution < 1.29 is 9.53 Å². The van der Waals surface area contributed by atoms with E-state index in [4.69, 9.17) is 27.9 Å². The van der Waals surface area contributed by atoms with Gasteiger partial charge in [0.05, 0.1) is 0 Å². The Morgan fingerprint density at radius 2 is 1.77 bits per heavy atom. The summed E-state index contributed by atoms with van der Waals surface area (Å²) in [6, 6.07) is 0. The van der Waals surface area contributed by atoms with Crippen molar-refractivity contribution in [1.29, 1.82) is 0 Å². The number of rotatable bonds is 2. The number of amides is 1. The molecular formula is C16H22Cl2N6O2. The summed E-state index contributed by atoms with van der Waals surface area (Å²) in [5.74, 6) is 0.754. The molecule has 1 aliphatic rings.